The lowest BCUT2D eigenvalue weighted by Crippen LogP contribution is -2.49. The van der Waals surface area contributed by atoms with Crippen LogP contribution in [0.2, 0.25) is 0 Å². The van der Waals surface area contributed by atoms with Gasteiger partial charge in [-0.1, -0.05) is 60.7 Å². The molecule has 1 atom stereocenters. The molecule has 2 N–H and O–H groups in total. The average molecular weight is 554 g/mol. The van der Waals surface area contributed by atoms with Crippen molar-refractivity contribution in [2.75, 3.05) is 19.5 Å². The Hall–Kier alpha value is -4.85. The van der Waals surface area contributed by atoms with Crippen LogP contribution in [0.15, 0.2) is 97.3 Å². The summed E-state index contributed by atoms with van der Waals surface area (Å²) in [6.45, 7) is 5.33. The van der Waals surface area contributed by atoms with E-state index >= 15 is 0 Å². The Morgan fingerprint density at radius 2 is 1.37 bits per heavy atom. The molecule has 8 nitrogen and oxygen atoms in total. The van der Waals surface area contributed by atoms with Crippen molar-refractivity contribution in [1.82, 2.24) is 10.3 Å². The fourth-order valence-electron chi connectivity index (χ4n) is 4.61. The van der Waals surface area contributed by atoms with Gasteiger partial charge >= 0.3 is 6.09 Å². The number of methoxy groups -OCH3 is 2. The van der Waals surface area contributed by atoms with Crippen LogP contribution in [0.4, 0.5) is 10.5 Å². The summed E-state index contributed by atoms with van der Waals surface area (Å²) in [6.07, 6.45) is 2.62. The Balaban J connectivity index is 1.72. The molecule has 3 aromatic carbocycles. The lowest BCUT2D eigenvalue weighted by Gasteiger charge is -2.29. The summed E-state index contributed by atoms with van der Waals surface area (Å²) >= 11 is 0. The van der Waals surface area contributed by atoms with Crippen molar-refractivity contribution in [1.29, 1.82) is 0 Å². The SMILES string of the molecule is COc1cnccc1-c1ccc(NC(=O)[C@@H](NC(=O)OC(C)(C)C)C(c2ccccc2)c2ccccc2)cc1OC. The van der Waals surface area contributed by atoms with Crippen LogP contribution in [-0.2, 0) is 9.53 Å². The summed E-state index contributed by atoms with van der Waals surface area (Å²) in [5.74, 6) is 0.224. The molecule has 0 aliphatic carbocycles. The number of alkyl carbamates (subject to hydrolysis) is 1. The van der Waals surface area contributed by atoms with E-state index < -0.39 is 29.6 Å². The number of carbonyl (C=O) groups is 2. The van der Waals surface area contributed by atoms with E-state index in [-0.39, 0.29) is 0 Å². The van der Waals surface area contributed by atoms with Gasteiger partial charge in [0.05, 0.1) is 20.4 Å². The van der Waals surface area contributed by atoms with Gasteiger partial charge in [-0.05, 0) is 50.1 Å². The first-order valence-electron chi connectivity index (χ1n) is 13.3. The minimum atomic E-state index is -0.999. The van der Waals surface area contributed by atoms with Crippen LogP contribution in [0.3, 0.4) is 0 Å². The average Bonchev–Trinajstić information content (AvgIpc) is 2.97. The molecule has 0 spiro atoms. The van der Waals surface area contributed by atoms with Gasteiger partial charge < -0.3 is 24.8 Å². The molecular formula is C33H35N3O5. The van der Waals surface area contributed by atoms with Crippen molar-refractivity contribution >= 4 is 17.7 Å². The van der Waals surface area contributed by atoms with Crippen LogP contribution in [0.25, 0.3) is 11.1 Å². The largest absolute Gasteiger partial charge is 0.496 e. The summed E-state index contributed by atoms with van der Waals surface area (Å²) in [7, 11) is 3.14. The number of hydrogen-bond acceptors (Lipinski definition) is 6. The van der Waals surface area contributed by atoms with Crippen molar-refractivity contribution in [3.05, 3.63) is 108 Å². The van der Waals surface area contributed by atoms with Gasteiger partial charge in [0.1, 0.15) is 23.1 Å². The molecule has 1 heterocycles. The van der Waals surface area contributed by atoms with E-state index in [0.29, 0.717) is 17.2 Å². The number of amides is 2. The number of ether oxygens (including phenoxy) is 3. The second-order valence-corrected chi connectivity index (χ2v) is 10.4. The van der Waals surface area contributed by atoms with Gasteiger partial charge in [-0.15, -0.1) is 0 Å². The third-order valence-electron chi connectivity index (χ3n) is 6.37. The Bertz CT molecular complexity index is 1430. The zero-order chi connectivity index (χ0) is 29.4. The molecule has 0 unspecified atom stereocenters. The quantitative estimate of drug-likeness (QED) is 0.248. The maximum atomic E-state index is 14.0. The Morgan fingerprint density at radius 1 is 0.780 bits per heavy atom. The Kier molecular flexibility index (Phi) is 9.24. The van der Waals surface area contributed by atoms with Crippen LogP contribution < -0.4 is 20.1 Å². The summed E-state index contributed by atoms with van der Waals surface area (Å²) in [5.41, 5.74) is 3.08. The highest BCUT2D eigenvalue weighted by Crippen LogP contribution is 2.37. The topological polar surface area (TPSA) is 98.8 Å². The van der Waals surface area contributed by atoms with Crippen molar-refractivity contribution in [2.45, 2.75) is 38.3 Å². The highest BCUT2D eigenvalue weighted by molar-refractivity contribution is 5.98. The van der Waals surface area contributed by atoms with E-state index in [2.05, 4.69) is 15.6 Å². The zero-order valence-electron chi connectivity index (χ0n) is 23.9. The van der Waals surface area contributed by atoms with E-state index in [1.54, 1.807) is 59.5 Å². The zero-order valence-corrected chi connectivity index (χ0v) is 23.9. The molecule has 41 heavy (non-hydrogen) atoms. The molecule has 0 saturated heterocycles. The van der Waals surface area contributed by atoms with Crippen LogP contribution >= 0.6 is 0 Å². The molecular weight excluding hydrogens is 518 g/mol. The summed E-state index contributed by atoms with van der Waals surface area (Å²) in [6, 6.07) is 25.4. The molecule has 8 heteroatoms. The van der Waals surface area contributed by atoms with Gasteiger partial charge in [-0.2, -0.15) is 0 Å². The third-order valence-corrected chi connectivity index (χ3v) is 6.37. The van der Waals surface area contributed by atoms with Gasteiger partial charge in [-0.25, -0.2) is 4.79 Å². The second-order valence-electron chi connectivity index (χ2n) is 10.4. The van der Waals surface area contributed by atoms with Crippen LogP contribution in [-0.4, -0.2) is 42.8 Å². The van der Waals surface area contributed by atoms with Gasteiger partial charge in [-0.3, -0.25) is 9.78 Å². The molecule has 0 bridgehead atoms. The molecule has 0 fully saturated rings. The van der Waals surface area contributed by atoms with Crippen molar-refractivity contribution in [3.8, 4) is 22.6 Å². The van der Waals surface area contributed by atoms with Crippen molar-refractivity contribution in [2.24, 2.45) is 0 Å². The highest BCUT2D eigenvalue weighted by Gasteiger charge is 2.34. The number of benzene rings is 3. The number of rotatable bonds is 9. The van der Waals surface area contributed by atoms with E-state index in [9.17, 15) is 9.59 Å². The van der Waals surface area contributed by atoms with Gasteiger partial charge in [0.25, 0.3) is 0 Å². The minimum Gasteiger partial charge on any atom is -0.496 e. The minimum absolute atomic E-state index is 0.412. The Morgan fingerprint density at radius 3 is 1.93 bits per heavy atom. The lowest BCUT2D eigenvalue weighted by molar-refractivity contribution is -0.118. The highest BCUT2D eigenvalue weighted by atomic mass is 16.6. The predicted molar refractivity (Wildman–Crippen MR) is 159 cm³/mol. The smallest absolute Gasteiger partial charge is 0.408 e. The summed E-state index contributed by atoms with van der Waals surface area (Å²) in [5, 5.41) is 5.82. The number of anilines is 1. The molecule has 0 aliphatic heterocycles. The van der Waals surface area contributed by atoms with Crippen LogP contribution in [0.1, 0.15) is 37.8 Å². The van der Waals surface area contributed by atoms with E-state index in [1.807, 2.05) is 72.8 Å². The van der Waals surface area contributed by atoms with E-state index in [1.165, 1.54) is 0 Å². The normalized spacial score (nSPS) is 11.9. The van der Waals surface area contributed by atoms with Crippen LogP contribution in [0, 0.1) is 0 Å². The first kappa shape index (κ1) is 29.1. The van der Waals surface area contributed by atoms with Gasteiger partial charge in [0.2, 0.25) is 5.91 Å². The number of nitrogens with zero attached hydrogens (tertiary/aromatic N) is 1. The van der Waals surface area contributed by atoms with E-state index in [0.717, 1.165) is 22.3 Å². The molecule has 0 radical (unpaired) electrons. The fourth-order valence-corrected chi connectivity index (χ4v) is 4.61. The molecule has 212 valence electrons. The maximum Gasteiger partial charge on any atom is 0.408 e. The number of carbonyl (C=O) groups excluding carboxylic acids is 2. The van der Waals surface area contributed by atoms with Crippen molar-refractivity contribution < 1.29 is 23.8 Å². The fraction of sp³-hybridized carbons (Fsp3) is 0.242. The second kappa shape index (κ2) is 13.0. The molecule has 2 amide bonds. The number of aromatic nitrogens is 1. The Labute approximate surface area is 240 Å². The summed E-state index contributed by atoms with van der Waals surface area (Å²) in [4.78, 5) is 31.1. The van der Waals surface area contributed by atoms with Gasteiger partial charge in [0, 0.05) is 35.0 Å². The standard InChI is InChI=1S/C33H35N3O5/c1-33(2,3)41-32(38)36-30(29(22-12-8-6-9-13-22)23-14-10-7-11-15-23)31(37)35-24-16-17-25(27(20-24)39-4)26-18-19-34-21-28(26)40-5/h6-21,29-30H,1-5H3,(H,35,37)(H,36,38)/t30-/m0/s1. The van der Waals surface area contributed by atoms with Gasteiger partial charge in [0.15, 0.2) is 0 Å². The molecule has 1 aromatic heterocycles. The summed E-state index contributed by atoms with van der Waals surface area (Å²) < 4.78 is 16.7. The van der Waals surface area contributed by atoms with Crippen molar-refractivity contribution in [3.63, 3.8) is 0 Å². The van der Waals surface area contributed by atoms with E-state index in [4.69, 9.17) is 14.2 Å². The first-order valence-corrected chi connectivity index (χ1v) is 13.3. The molecule has 0 aliphatic rings. The number of hydrogen-bond donors (Lipinski definition) is 2. The molecule has 4 aromatic rings. The number of pyridine rings is 1. The lowest BCUT2D eigenvalue weighted by atomic mass is 9.84. The molecule has 0 saturated carbocycles. The third kappa shape index (κ3) is 7.42. The molecule has 4 rings (SSSR count). The monoisotopic (exact) mass is 553 g/mol. The predicted octanol–water partition coefficient (Wildman–Crippen LogP) is 6.43. The number of nitrogens with one attached hydrogen (secondary N) is 2. The maximum absolute atomic E-state index is 14.0. The van der Waals surface area contributed by atoms with Crippen LogP contribution in [0.5, 0.6) is 11.5 Å². The first-order chi connectivity index (χ1) is 19.7.